The highest BCUT2D eigenvalue weighted by Gasteiger charge is 2.18. The smallest absolute Gasteiger partial charge is 0.176 e. The van der Waals surface area contributed by atoms with Crippen molar-refractivity contribution >= 4 is 35.0 Å². The van der Waals surface area contributed by atoms with Crippen molar-refractivity contribution in [2.75, 3.05) is 10.6 Å². The third-order valence-corrected chi connectivity index (χ3v) is 3.70. The fraction of sp³-hybridized carbons (Fsp3) is 0.0556. The van der Waals surface area contributed by atoms with E-state index in [2.05, 4.69) is 25.6 Å². The standard InChI is InChI=1S/C18H13F2N5/c19-11-5-1-3-7-13(11)22-17-18(23-14-8-4-2-6-12(14)20)25-16-15(24-17)9-10-21-16/h1-8,10H,9H2,(H,22,24)(H,23,25). The third-order valence-electron chi connectivity index (χ3n) is 3.70. The monoisotopic (exact) mass is 337 g/mol. The van der Waals surface area contributed by atoms with Gasteiger partial charge in [0.1, 0.15) is 11.6 Å². The third kappa shape index (κ3) is 3.03. The molecular formula is C18H13F2N5. The Hall–Kier alpha value is -3.35. The predicted octanol–water partition coefficient (Wildman–Crippen LogP) is 4.50. The quantitative estimate of drug-likeness (QED) is 0.736. The van der Waals surface area contributed by atoms with Gasteiger partial charge < -0.3 is 10.6 Å². The van der Waals surface area contributed by atoms with Crippen LogP contribution in [0.5, 0.6) is 0 Å². The van der Waals surface area contributed by atoms with Crippen LogP contribution in [0.25, 0.3) is 0 Å². The SMILES string of the molecule is Fc1ccccc1Nc1nc2c(nc1Nc1ccccc1F)N=CC2. The van der Waals surface area contributed by atoms with E-state index in [1.807, 2.05) is 0 Å². The van der Waals surface area contributed by atoms with E-state index in [0.717, 1.165) is 0 Å². The zero-order valence-corrected chi connectivity index (χ0v) is 13.0. The summed E-state index contributed by atoms with van der Waals surface area (Å²) in [7, 11) is 0. The van der Waals surface area contributed by atoms with Crippen LogP contribution in [0.4, 0.5) is 37.6 Å². The van der Waals surface area contributed by atoms with Crippen LogP contribution in [-0.4, -0.2) is 16.2 Å². The first-order chi connectivity index (χ1) is 12.2. The van der Waals surface area contributed by atoms with Crippen LogP contribution in [0.2, 0.25) is 0 Å². The van der Waals surface area contributed by atoms with Gasteiger partial charge in [0.2, 0.25) is 0 Å². The number of nitrogens with one attached hydrogen (secondary N) is 2. The molecule has 1 aliphatic heterocycles. The zero-order chi connectivity index (χ0) is 17.2. The van der Waals surface area contributed by atoms with E-state index in [1.54, 1.807) is 42.6 Å². The summed E-state index contributed by atoms with van der Waals surface area (Å²) in [5.74, 6) is 0.199. The summed E-state index contributed by atoms with van der Waals surface area (Å²) in [6.07, 6.45) is 2.25. The fourth-order valence-corrected chi connectivity index (χ4v) is 2.47. The van der Waals surface area contributed by atoms with Crippen LogP contribution in [0.3, 0.4) is 0 Å². The number of aromatic nitrogens is 2. The molecule has 1 aliphatic rings. The molecule has 0 amide bonds. The van der Waals surface area contributed by atoms with Gasteiger partial charge in [-0.3, -0.25) is 0 Å². The molecule has 0 atom stereocenters. The molecule has 5 nitrogen and oxygen atoms in total. The molecule has 0 saturated heterocycles. The molecule has 0 fully saturated rings. The Morgan fingerprint density at radius 2 is 1.32 bits per heavy atom. The average Bonchev–Trinajstić information content (AvgIpc) is 3.06. The van der Waals surface area contributed by atoms with E-state index < -0.39 is 11.6 Å². The topological polar surface area (TPSA) is 62.2 Å². The molecule has 25 heavy (non-hydrogen) atoms. The van der Waals surface area contributed by atoms with Crippen molar-refractivity contribution in [2.24, 2.45) is 4.99 Å². The zero-order valence-electron chi connectivity index (χ0n) is 13.0. The number of hydrogen-bond acceptors (Lipinski definition) is 5. The average molecular weight is 337 g/mol. The van der Waals surface area contributed by atoms with Gasteiger partial charge in [-0.25, -0.2) is 23.7 Å². The van der Waals surface area contributed by atoms with Gasteiger partial charge in [-0.1, -0.05) is 24.3 Å². The predicted molar refractivity (Wildman–Crippen MR) is 93.3 cm³/mol. The van der Waals surface area contributed by atoms with Crippen LogP contribution in [-0.2, 0) is 6.42 Å². The van der Waals surface area contributed by atoms with Crippen molar-refractivity contribution < 1.29 is 8.78 Å². The molecule has 0 spiro atoms. The fourth-order valence-electron chi connectivity index (χ4n) is 2.47. The maximum absolute atomic E-state index is 14.0. The molecule has 0 saturated carbocycles. The van der Waals surface area contributed by atoms with Crippen LogP contribution in [0.1, 0.15) is 5.69 Å². The first-order valence-corrected chi connectivity index (χ1v) is 7.67. The molecule has 7 heteroatoms. The molecule has 0 bridgehead atoms. The molecule has 3 aromatic rings. The van der Waals surface area contributed by atoms with Crippen molar-refractivity contribution in [3.63, 3.8) is 0 Å². The second-order valence-corrected chi connectivity index (χ2v) is 5.42. The van der Waals surface area contributed by atoms with Gasteiger partial charge in [0, 0.05) is 12.6 Å². The maximum Gasteiger partial charge on any atom is 0.176 e. The lowest BCUT2D eigenvalue weighted by molar-refractivity contribution is 0.631. The molecule has 0 radical (unpaired) electrons. The Morgan fingerprint density at radius 3 is 1.92 bits per heavy atom. The number of aliphatic imine (C=N–C) groups is 1. The van der Waals surface area contributed by atoms with Crippen LogP contribution in [0.15, 0.2) is 53.5 Å². The molecule has 0 aliphatic carbocycles. The summed E-state index contributed by atoms with van der Waals surface area (Å²) in [4.78, 5) is 13.0. The van der Waals surface area contributed by atoms with Crippen LogP contribution in [0, 0.1) is 11.6 Å². The Morgan fingerprint density at radius 1 is 0.760 bits per heavy atom. The minimum atomic E-state index is -0.426. The normalized spacial score (nSPS) is 12.1. The minimum absolute atomic E-state index is 0.246. The number of benzene rings is 2. The Kier molecular flexibility index (Phi) is 3.81. The van der Waals surface area contributed by atoms with Crippen molar-refractivity contribution in [2.45, 2.75) is 6.42 Å². The molecule has 124 valence electrons. The molecule has 2 heterocycles. The van der Waals surface area contributed by atoms with E-state index in [0.29, 0.717) is 23.8 Å². The number of anilines is 4. The molecule has 0 unspecified atom stereocenters. The van der Waals surface area contributed by atoms with E-state index in [1.165, 1.54) is 12.1 Å². The van der Waals surface area contributed by atoms with Gasteiger partial charge in [0.05, 0.1) is 17.1 Å². The maximum atomic E-state index is 14.0. The van der Waals surface area contributed by atoms with Crippen molar-refractivity contribution in [1.82, 2.24) is 9.97 Å². The molecule has 2 aromatic carbocycles. The second kappa shape index (κ2) is 6.27. The number of nitrogens with zero attached hydrogens (tertiary/aromatic N) is 3. The lowest BCUT2D eigenvalue weighted by Crippen LogP contribution is -2.06. The Balaban J connectivity index is 1.75. The van der Waals surface area contributed by atoms with Crippen LogP contribution < -0.4 is 10.6 Å². The number of para-hydroxylation sites is 2. The highest BCUT2D eigenvalue weighted by Crippen LogP contribution is 2.32. The summed E-state index contributed by atoms with van der Waals surface area (Å²) in [5.41, 5.74) is 1.18. The van der Waals surface area contributed by atoms with E-state index in [4.69, 9.17) is 0 Å². The lowest BCUT2D eigenvalue weighted by atomic mass is 10.3. The van der Waals surface area contributed by atoms with E-state index >= 15 is 0 Å². The first kappa shape index (κ1) is 15.2. The number of fused-ring (bicyclic) bond motifs is 1. The molecule has 1 aromatic heterocycles. The highest BCUT2D eigenvalue weighted by molar-refractivity contribution is 5.78. The van der Waals surface area contributed by atoms with E-state index in [9.17, 15) is 8.78 Å². The minimum Gasteiger partial charge on any atom is -0.335 e. The molecule has 2 N–H and O–H groups in total. The highest BCUT2D eigenvalue weighted by atomic mass is 19.1. The molecular weight excluding hydrogens is 324 g/mol. The summed E-state index contributed by atoms with van der Waals surface area (Å²) in [5, 5.41) is 5.82. The summed E-state index contributed by atoms with van der Waals surface area (Å²) in [6.45, 7) is 0. The van der Waals surface area contributed by atoms with Gasteiger partial charge in [0.15, 0.2) is 17.5 Å². The van der Waals surface area contributed by atoms with Crippen molar-refractivity contribution in [3.05, 3.63) is 65.9 Å². The first-order valence-electron chi connectivity index (χ1n) is 7.67. The summed E-state index contributed by atoms with van der Waals surface area (Å²) >= 11 is 0. The van der Waals surface area contributed by atoms with Gasteiger partial charge in [-0.15, -0.1) is 0 Å². The number of hydrogen-bond donors (Lipinski definition) is 2. The number of rotatable bonds is 4. The summed E-state index contributed by atoms with van der Waals surface area (Å²) in [6, 6.07) is 12.5. The lowest BCUT2D eigenvalue weighted by Gasteiger charge is -2.14. The Bertz CT molecular complexity index is 971. The van der Waals surface area contributed by atoms with Crippen molar-refractivity contribution in [1.29, 1.82) is 0 Å². The van der Waals surface area contributed by atoms with E-state index in [-0.39, 0.29) is 17.2 Å². The van der Waals surface area contributed by atoms with Crippen LogP contribution >= 0.6 is 0 Å². The van der Waals surface area contributed by atoms with Gasteiger partial charge in [-0.2, -0.15) is 0 Å². The van der Waals surface area contributed by atoms with Gasteiger partial charge >= 0.3 is 0 Å². The largest absolute Gasteiger partial charge is 0.335 e. The number of halogens is 2. The second-order valence-electron chi connectivity index (χ2n) is 5.42. The molecule has 4 rings (SSSR count). The summed E-state index contributed by atoms with van der Waals surface area (Å²) < 4.78 is 27.9. The van der Waals surface area contributed by atoms with Gasteiger partial charge in [0.25, 0.3) is 0 Å². The van der Waals surface area contributed by atoms with Gasteiger partial charge in [-0.05, 0) is 24.3 Å². The Labute approximate surface area is 142 Å². The van der Waals surface area contributed by atoms with Crippen molar-refractivity contribution in [3.8, 4) is 0 Å².